The summed E-state index contributed by atoms with van der Waals surface area (Å²) < 4.78 is 46.9. The third-order valence-corrected chi connectivity index (χ3v) is 3.51. The number of ether oxygens (including phenoxy) is 1. The number of alkyl halides is 2. The predicted molar refractivity (Wildman–Crippen MR) is 106 cm³/mol. The average molecular weight is 572 g/mol. The summed E-state index contributed by atoms with van der Waals surface area (Å²) in [6.07, 6.45) is -3.17. The van der Waals surface area contributed by atoms with Crippen LogP contribution in [-0.2, 0) is 18.4 Å². The van der Waals surface area contributed by atoms with Gasteiger partial charge in [0.05, 0.1) is 5.88 Å². The standard InChI is InChI=1S/C10H13ClFN3O3.3H3O4P/c1-10(4-11)7(16)6(12)8(18-10)15-3-2-5(13)14-9(15)17;3*1-5(2,3)4/h2-3,6-8,16H,4H2,1H3,(H2,13,14,17);3*(H3,1,2,3,4)/t6-,7+,8-,10+;;;/m1.../s1. The summed E-state index contributed by atoms with van der Waals surface area (Å²) >= 11 is 5.65. The smallest absolute Gasteiger partial charge is 0.387 e. The van der Waals surface area contributed by atoms with Gasteiger partial charge in [0.15, 0.2) is 12.4 Å². The van der Waals surface area contributed by atoms with E-state index in [1.807, 2.05) is 0 Å². The van der Waals surface area contributed by atoms with Crippen molar-refractivity contribution in [1.82, 2.24) is 9.55 Å². The van der Waals surface area contributed by atoms with Crippen LogP contribution in [0.25, 0.3) is 0 Å². The first-order valence-corrected chi connectivity index (χ1v) is 12.9. The molecule has 4 atom stereocenters. The molecule has 0 saturated carbocycles. The van der Waals surface area contributed by atoms with Crippen molar-refractivity contribution >= 4 is 40.9 Å². The second-order valence-corrected chi connectivity index (χ2v) is 9.27. The third kappa shape index (κ3) is 18.2. The summed E-state index contributed by atoms with van der Waals surface area (Å²) in [6, 6.07) is 1.35. The Morgan fingerprint density at radius 3 is 1.73 bits per heavy atom. The topological polar surface area (TPSA) is 324 Å². The fourth-order valence-corrected chi connectivity index (χ4v) is 2.06. The van der Waals surface area contributed by atoms with Crippen molar-refractivity contribution in [2.75, 3.05) is 11.6 Å². The molecular formula is C10H22ClFN3O15P3. The number of aromatic nitrogens is 2. The van der Waals surface area contributed by atoms with Gasteiger partial charge in [-0.2, -0.15) is 4.98 Å². The van der Waals surface area contributed by atoms with Gasteiger partial charge in [-0.1, -0.05) is 0 Å². The molecule has 0 amide bonds. The Morgan fingerprint density at radius 1 is 1.09 bits per heavy atom. The molecule has 0 spiro atoms. The van der Waals surface area contributed by atoms with E-state index in [1.54, 1.807) is 0 Å². The van der Waals surface area contributed by atoms with Crippen LogP contribution in [0.1, 0.15) is 13.2 Å². The number of halogens is 2. The monoisotopic (exact) mass is 571 g/mol. The molecule has 1 fully saturated rings. The molecule has 18 nitrogen and oxygen atoms in total. The van der Waals surface area contributed by atoms with E-state index in [1.165, 1.54) is 19.2 Å². The Hall–Kier alpha value is -0.850. The highest BCUT2D eigenvalue weighted by Crippen LogP contribution is 2.38. The van der Waals surface area contributed by atoms with Gasteiger partial charge in [0.25, 0.3) is 0 Å². The zero-order valence-electron chi connectivity index (χ0n) is 16.2. The van der Waals surface area contributed by atoms with Gasteiger partial charge in [-0.25, -0.2) is 22.9 Å². The van der Waals surface area contributed by atoms with E-state index in [9.17, 15) is 14.3 Å². The summed E-state index contributed by atoms with van der Waals surface area (Å²) in [5.74, 6) is -0.0623. The zero-order valence-corrected chi connectivity index (χ0v) is 19.6. The van der Waals surface area contributed by atoms with Crippen molar-refractivity contribution in [3.05, 3.63) is 22.7 Å². The second kappa shape index (κ2) is 13.3. The minimum absolute atomic E-state index is 0.0327. The van der Waals surface area contributed by atoms with Gasteiger partial charge in [-0.05, 0) is 13.0 Å². The molecule has 23 heteroatoms. The number of hydrogen-bond donors (Lipinski definition) is 11. The number of aliphatic hydroxyl groups is 1. The van der Waals surface area contributed by atoms with Crippen molar-refractivity contribution in [2.45, 2.75) is 31.0 Å². The molecular weight excluding hydrogens is 549 g/mol. The Kier molecular flexibility index (Phi) is 13.8. The summed E-state index contributed by atoms with van der Waals surface area (Å²) in [6.45, 7) is 1.48. The van der Waals surface area contributed by atoms with E-state index >= 15 is 0 Å². The van der Waals surface area contributed by atoms with Crippen LogP contribution in [0.2, 0.25) is 0 Å². The number of anilines is 1. The summed E-state index contributed by atoms with van der Waals surface area (Å²) in [7, 11) is -13.9. The molecule has 1 aromatic rings. The molecule has 2 rings (SSSR count). The molecule has 33 heavy (non-hydrogen) atoms. The highest BCUT2D eigenvalue weighted by atomic mass is 35.5. The molecule has 0 aliphatic carbocycles. The number of nitrogens with zero attached hydrogens (tertiary/aromatic N) is 2. The first-order valence-electron chi connectivity index (χ1n) is 7.64. The molecule has 0 unspecified atom stereocenters. The van der Waals surface area contributed by atoms with E-state index in [0.717, 1.165) is 4.57 Å². The fourth-order valence-electron chi connectivity index (χ4n) is 1.84. The van der Waals surface area contributed by atoms with Crippen molar-refractivity contribution in [3.8, 4) is 0 Å². The van der Waals surface area contributed by atoms with E-state index in [0.29, 0.717) is 0 Å². The van der Waals surface area contributed by atoms with Crippen molar-refractivity contribution in [2.24, 2.45) is 0 Å². The van der Waals surface area contributed by atoms with Crippen LogP contribution >= 0.6 is 35.1 Å². The summed E-state index contributed by atoms with van der Waals surface area (Å²) in [4.78, 5) is 79.8. The van der Waals surface area contributed by atoms with E-state index in [4.69, 9.17) is 79.8 Å². The average Bonchev–Trinajstić information content (AvgIpc) is 2.75. The van der Waals surface area contributed by atoms with E-state index in [2.05, 4.69) is 4.98 Å². The molecule has 0 bridgehead atoms. The van der Waals surface area contributed by atoms with Crippen LogP contribution in [-0.4, -0.2) is 82.5 Å². The van der Waals surface area contributed by atoms with Gasteiger partial charge in [0, 0.05) is 6.20 Å². The van der Waals surface area contributed by atoms with E-state index in [-0.39, 0.29) is 11.7 Å². The SMILES string of the molecule is C[C@@]1(CCl)O[C@@H](n2ccc(N)nc2=O)[C@H](F)[C@@H]1O.O=P(O)(O)O.O=P(O)(O)O.O=P(O)(O)O. The second-order valence-electron chi connectivity index (χ2n) is 5.93. The van der Waals surface area contributed by atoms with Crippen molar-refractivity contribution in [1.29, 1.82) is 0 Å². The van der Waals surface area contributed by atoms with Crippen LogP contribution in [0.15, 0.2) is 17.1 Å². The maximum absolute atomic E-state index is 14.0. The summed E-state index contributed by atoms with van der Waals surface area (Å²) in [5, 5.41) is 9.75. The Labute approximate surface area is 188 Å². The largest absolute Gasteiger partial charge is 0.466 e. The molecule has 1 aliphatic heterocycles. The third-order valence-electron chi connectivity index (χ3n) is 2.98. The summed E-state index contributed by atoms with van der Waals surface area (Å²) in [5.41, 5.74) is 3.35. The highest BCUT2D eigenvalue weighted by Gasteiger charge is 2.53. The molecule has 0 aromatic carbocycles. The van der Waals surface area contributed by atoms with Gasteiger partial charge in [-0.15, -0.1) is 11.6 Å². The lowest BCUT2D eigenvalue weighted by Gasteiger charge is -2.24. The molecule has 1 saturated heterocycles. The van der Waals surface area contributed by atoms with Gasteiger partial charge in [-0.3, -0.25) is 4.57 Å². The molecule has 12 N–H and O–H groups in total. The Morgan fingerprint density at radius 2 is 1.45 bits per heavy atom. The maximum Gasteiger partial charge on any atom is 0.466 e. The van der Waals surface area contributed by atoms with E-state index < -0.39 is 53.3 Å². The van der Waals surface area contributed by atoms with Gasteiger partial charge in [0.2, 0.25) is 0 Å². The quantitative estimate of drug-likeness (QED) is 0.127. The first-order chi connectivity index (χ1) is 14.4. The Bertz CT molecular complexity index is 877. The lowest BCUT2D eigenvalue weighted by Crippen LogP contribution is -2.40. The molecule has 1 aliphatic rings. The minimum Gasteiger partial charge on any atom is -0.387 e. The molecule has 1 aromatic heterocycles. The lowest BCUT2D eigenvalue weighted by molar-refractivity contribution is -0.0787. The van der Waals surface area contributed by atoms with Gasteiger partial charge >= 0.3 is 29.2 Å². The number of nitrogens with two attached hydrogens (primary N) is 1. The predicted octanol–water partition coefficient (Wildman–Crippen LogP) is -2.73. The molecule has 196 valence electrons. The maximum atomic E-state index is 14.0. The number of hydrogen-bond acceptors (Lipinski definition) is 8. The number of rotatable bonds is 2. The number of nitrogen functional groups attached to an aromatic ring is 1. The van der Waals surface area contributed by atoms with Crippen LogP contribution in [0.5, 0.6) is 0 Å². The van der Waals surface area contributed by atoms with Crippen LogP contribution in [0.3, 0.4) is 0 Å². The normalized spacial score (nSPS) is 24.9. The molecule has 0 radical (unpaired) electrons. The zero-order chi connectivity index (χ0) is 27.0. The fraction of sp³-hybridized carbons (Fsp3) is 0.600. The first kappa shape index (κ1) is 34.3. The van der Waals surface area contributed by atoms with Crippen molar-refractivity contribution < 1.29 is 72.0 Å². The van der Waals surface area contributed by atoms with Gasteiger partial charge < -0.3 is 59.6 Å². The minimum atomic E-state index is -4.64. The van der Waals surface area contributed by atoms with Crippen LogP contribution in [0.4, 0.5) is 10.2 Å². The van der Waals surface area contributed by atoms with Crippen LogP contribution in [0, 0.1) is 0 Å². The molecule has 2 heterocycles. The van der Waals surface area contributed by atoms with Gasteiger partial charge in [0.1, 0.15) is 17.5 Å². The highest BCUT2D eigenvalue weighted by molar-refractivity contribution is 7.45. The lowest BCUT2D eigenvalue weighted by atomic mass is 10.0. The van der Waals surface area contributed by atoms with Crippen LogP contribution < -0.4 is 11.4 Å². The Balaban J connectivity index is 0. The number of phosphoric acid groups is 3. The number of aliphatic hydroxyl groups excluding tert-OH is 1. The van der Waals surface area contributed by atoms with Crippen molar-refractivity contribution in [3.63, 3.8) is 0 Å².